The Kier molecular flexibility index (Phi) is 5.45. The monoisotopic (exact) mass is 165 g/mol. The van der Waals surface area contributed by atoms with Crippen molar-refractivity contribution in [1.82, 2.24) is 0 Å². The molecule has 1 unspecified atom stereocenters. The zero-order valence-electron chi connectivity index (χ0n) is 8.59. The van der Waals surface area contributed by atoms with E-state index < -0.39 is 0 Å². The molecule has 12 heavy (non-hydrogen) atoms. The van der Waals surface area contributed by atoms with E-state index in [-0.39, 0.29) is 0 Å². The predicted molar refractivity (Wildman–Crippen MR) is 52.6 cm³/mol. The molecule has 0 aliphatic rings. The molecule has 0 saturated carbocycles. The van der Waals surface area contributed by atoms with E-state index in [4.69, 9.17) is 5.26 Å². The van der Waals surface area contributed by atoms with Crippen LogP contribution < -0.4 is 0 Å². The topological polar surface area (TPSA) is 23.8 Å². The summed E-state index contributed by atoms with van der Waals surface area (Å²) in [7, 11) is 0. The minimum atomic E-state index is 0.572. The van der Waals surface area contributed by atoms with Crippen LogP contribution in [0.1, 0.15) is 40.5 Å². The molecule has 0 saturated heterocycles. The van der Waals surface area contributed by atoms with Crippen molar-refractivity contribution in [3.8, 4) is 6.07 Å². The molecule has 0 aromatic heterocycles. The zero-order valence-corrected chi connectivity index (χ0v) is 8.59. The second-order valence-electron chi connectivity index (χ2n) is 3.95. The maximum Gasteiger partial charge on any atom is 0.0666 e. The van der Waals surface area contributed by atoms with E-state index >= 15 is 0 Å². The van der Waals surface area contributed by atoms with Crippen molar-refractivity contribution < 1.29 is 0 Å². The second-order valence-corrected chi connectivity index (χ2v) is 3.95. The molecule has 1 heteroatoms. The van der Waals surface area contributed by atoms with Gasteiger partial charge in [0.2, 0.25) is 0 Å². The maximum atomic E-state index is 8.44. The summed E-state index contributed by atoms with van der Waals surface area (Å²) in [5.74, 6) is 1.35. The van der Waals surface area contributed by atoms with Crippen LogP contribution in [0.3, 0.4) is 0 Å². The SMILES string of the molecule is C/C(=C\C(C)CC(C)C)CC#N. The molecule has 1 atom stereocenters. The third-order valence-corrected chi connectivity index (χ3v) is 1.77. The van der Waals surface area contributed by atoms with Gasteiger partial charge in [-0.2, -0.15) is 5.26 Å². The summed E-state index contributed by atoms with van der Waals surface area (Å²) < 4.78 is 0. The van der Waals surface area contributed by atoms with Crippen LogP contribution in [0.15, 0.2) is 11.6 Å². The largest absolute Gasteiger partial charge is 0.198 e. The van der Waals surface area contributed by atoms with Crippen LogP contribution in [-0.2, 0) is 0 Å². The van der Waals surface area contributed by atoms with Crippen molar-refractivity contribution in [2.45, 2.75) is 40.5 Å². The highest BCUT2D eigenvalue weighted by atomic mass is 14.2. The standard InChI is InChI=1S/C11H19N/c1-9(2)7-11(4)8-10(3)5-6-12/h8-9,11H,5,7H2,1-4H3/b10-8+. The van der Waals surface area contributed by atoms with Crippen molar-refractivity contribution >= 4 is 0 Å². The van der Waals surface area contributed by atoms with Crippen molar-refractivity contribution in [3.05, 3.63) is 11.6 Å². The first-order valence-electron chi connectivity index (χ1n) is 4.60. The van der Waals surface area contributed by atoms with Gasteiger partial charge in [-0.3, -0.25) is 0 Å². The third kappa shape index (κ3) is 5.97. The summed E-state index contributed by atoms with van der Waals surface area (Å²) in [6, 6.07) is 2.16. The van der Waals surface area contributed by atoms with E-state index in [2.05, 4.69) is 32.9 Å². The molecule has 0 aromatic carbocycles. The fraction of sp³-hybridized carbons (Fsp3) is 0.727. The molecule has 0 N–H and O–H groups in total. The Morgan fingerprint density at radius 1 is 1.42 bits per heavy atom. The smallest absolute Gasteiger partial charge is 0.0666 e. The number of rotatable bonds is 4. The Morgan fingerprint density at radius 2 is 2.00 bits per heavy atom. The fourth-order valence-corrected chi connectivity index (χ4v) is 1.48. The Hall–Kier alpha value is -0.770. The lowest BCUT2D eigenvalue weighted by Crippen LogP contribution is -1.97. The van der Waals surface area contributed by atoms with Crippen LogP contribution in [0.2, 0.25) is 0 Å². The van der Waals surface area contributed by atoms with Gasteiger partial charge in [0.05, 0.1) is 12.5 Å². The van der Waals surface area contributed by atoms with Gasteiger partial charge in [0, 0.05) is 0 Å². The van der Waals surface area contributed by atoms with E-state index in [1.807, 2.05) is 6.92 Å². The lowest BCUT2D eigenvalue weighted by Gasteiger charge is -2.09. The van der Waals surface area contributed by atoms with Gasteiger partial charge in [-0.25, -0.2) is 0 Å². The summed E-state index contributed by atoms with van der Waals surface area (Å²) in [6.45, 7) is 8.69. The Balaban J connectivity index is 3.89. The van der Waals surface area contributed by atoms with E-state index in [1.54, 1.807) is 0 Å². The summed E-state index contributed by atoms with van der Waals surface area (Å²) in [5.41, 5.74) is 1.20. The first-order chi connectivity index (χ1) is 5.56. The van der Waals surface area contributed by atoms with Crippen LogP contribution >= 0.6 is 0 Å². The average Bonchev–Trinajstić information content (AvgIpc) is 1.84. The zero-order chi connectivity index (χ0) is 9.56. The van der Waals surface area contributed by atoms with E-state index in [0.29, 0.717) is 12.3 Å². The number of nitriles is 1. The number of nitrogens with zero attached hydrogens (tertiary/aromatic N) is 1. The average molecular weight is 165 g/mol. The number of allylic oxidation sites excluding steroid dienone is 2. The Morgan fingerprint density at radius 3 is 2.42 bits per heavy atom. The molecule has 0 spiro atoms. The van der Waals surface area contributed by atoms with Crippen LogP contribution in [0.4, 0.5) is 0 Å². The number of hydrogen-bond acceptors (Lipinski definition) is 1. The highest BCUT2D eigenvalue weighted by Gasteiger charge is 2.01. The summed E-state index contributed by atoms with van der Waals surface area (Å²) in [5, 5.41) is 8.44. The van der Waals surface area contributed by atoms with E-state index in [1.165, 1.54) is 12.0 Å². The minimum Gasteiger partial charge on any atom is -0.198 e. The Labute approximate surface area is 76.1 Å². The fourth-order valence-electron chi connectivity index (χ4n) is 1.48. The highest BCUT2D eigenvalue weighted by molar-refractivity contribution is 5.05. The van der Waals surface area contributed by atoms with Gasteiger partial charge in [0.25, 0.3) is 0 Å². The molecule has 68 valence electrons. The van der Waals surface area contributed by atoms with Gasteiger partial charge in [0.15, 0.2) is 0 Å². The summed E-state index contributed by atoms with van der Waals surface area (Å²) >= 11 is 0. The van der Waals surface area contributed by atoms with Gasteiger partial charge >= 0.3 is 0 Å². The lowest BCUT2D eigenvalue weighted by molar-refractivity contribution is 0.501. The van der Waals surface area contributed by atoms with Crippen molar-refractivity contribution in [3.63, 3.8) is 0 Å². The van der Waals surface area contributed by atoms with Crippen molar-refractivity contribution in [2.75, 3.05) is 0 Å². The Bertz CT molecular complexity index is 184. The molecular formula is C11H19N. The first kappa shape index (κ1) is 11.2. The van der Waals surface area contributed by atoms with Crippen molar-refractivity contribution in [2.24, 2.45) is 11.8 Å². The highest BCUT2D eigenvalue weighted by Crippen LogP contribution is 2.14. The van der Waals surface area contributed by atoms with Crippen LogP contribution in [-0.4, -0.2) is 0 Å². The second kappa shape index (κ2) is 5.83. The molecule has 0 heterocycles. The molecule has 0 fully saturated rings. The van der Waals surface area contributed by atoms with Crippen molar-refractivity contribution in [1.29, 1.82) is 5.26 Å². The molecule has 0 aliphatic carbocycles. The molecule has 0 aliphatic heterocycles. The molecule has 0 radical (unpaired) electrons. The van der Waals surface area contributed by atoms with Crippen LogP contribution in [0, 0.1) is 23.2 Å². The first-order valence-corrected chi connectivity index (χ1v) is 4.60. The molecular weight excluding hydrogens is 146 g/mol. The predicted octanol–water partition coefficient (Wildman–Crippen LogP) is 3.53. The normalized spacial score (nSPS) is 14.5. The van der Waals surface area contributed by atoms with E-state index in [9.17, 15) is 0 Å². The lowest BCUT2D eigenvalue weighted by atomic mass is 9.96. The minimum absolute atomic E-state index is 0.572. The maximum absolute atomic E-state index is 8.44. The third-order valence-electron chi connectivity index (χ3n) is 1.77. The molecule has 0 amide bonds. The summed E-state index contributed by atoms with van der Waals surface area (Å²) in [4.78, 5) is 0. The molecule has 0 rings (SSSR count). The summed E-state index contributed by atoms with van der Waals surface area (Å²) in [6.07, 6.45) is 3.99. The van der Waals surface area contributed by atoms with E-state index in [0.717, 1.165) is 5.92 Å². The molecule has 1 nitrogen and oxygen atoms in total. The van der Waals surface area contributed by atoms with Gasteiger partial charge in [-0.05, 0) is 25.2 Å². The van der Waals surface area contributed by atoms with Gasteiger partial charge < -0.3 is 0 Å². The number of hydrogen-bond donors (Lipinski definition) is 0. The van der Waals surface area contributed by atoms with Gasteiger partial charge in [-0.15, -0.1) is 0 Å². The van der Waals surface area contributed by atoms with Gasteiger partial charge in [-0.1, -0.05) is 32.4 Å². The van der Waals surface area contributed by atoms with Crippen LogP contribution in [0.25, 0.3) is 0 Å². The quantitative estimate of drug-likeness (QED) is 0.585. The van der Waals surface area contributed by atoms with Gasteiger partial charge in [0.1, 0.15) is 0 Å². The molecule has 0 aromatic rings. The van der Waals surface area contributed by atoms with Crippen LogP contribution in [0.5, 0.6) is 0 Å². The molecule has 0 bridgehead atoms.